The molecule has 2 rings (SSSR count). The largest absolute Gasteiger partial charge is 0.507 e. The van der Waals surface area contributed by atoms with Crippen LogP contribution in [0.25, 0.3) is 0 Å². The maximum absolute atomic E-state index is 12.2. The third-order valence-electron chi connectivity index (χ3n) is 2.84. The highest BCUT2D eigenvalue weighted by molar-refractivity contribution is 9.10. The molecule has 2 aromatic carbocycles. The molecule has 4 heteroatoms. The van der Waals surface area contributed by atoms with Crippen molar-refractivity contribution in [2.75, 3.05) is 5.32 Å². The molecule has 0 unspecified atom stereocenters. The summed E-state index contributed by atoms with van der Waals surface area (Å²) in [4.78, 5) is 12.2. The normalized spacial score (nSPS) is 10.3. The Bertz CT molecular complexity index is 638. The molecular weight excluding hydrogens is 306 g/mol. The van der Waals surface area contributed by atoms with Gasteiger partial charge in [0.2, 0.25) is 0 Å². The fourth-order valence-corrected chi connectivity index (χ4v) is 2.11. The second-order valence-corrected chi connectivity index (χ2v) is 5.35. The number of hydrogen-bond donors (Lipinski definition) is 2. The van der Waals surface area contributed by atoms with Gasteiger partial charge >= 0.3 is 0 Å². The second-order valence-electron chi connectivity index (χ2n) is 4.43. The zero-order valence-electron chi connectivity index (χ0n) is 10.7. The van der Waals surface area contributed by atoms with Crippen LogP contribution in [0.15, 0.2) is 40.9 Å². The summed E-state index contributed by atoms with van der Waals surface area (Å²) in [6, 6.07) is 10.6. The molecule has 0 aromatic heterocycles. The molecule has 0 saturated heterocycles. The first-order chi connectivity index (χ1) is 8.97. The second kappa shape index (κ2) is 5.45. The van der Waals surface area contributed by atoms with Crippen molar-refractivity contribution in [3.8, 4) is 5.75 Å². The zero-order chi connectivity index (χ0) is 14.0. The van der Waals surface area contributed by atoms with Crippen LogP contribution in [0.4, 0.5) is 5.69 Å². The summed E-state index contributed by atoms with van der Waals surface area (Å²) in [5.41, 5.74) is 3.05. The monoisotopic (exact) mass is 319 g/mol. The third-order valence-corrected chi connectivity index (χ3v) is 3.34. The van der Waals surface area contributed by atoms with Crippen LogP contribution in [0.2, 0.25) is 0 Å². The molecule has 19 heavy (non-hydrogen) atoms. The smallest absolute Gasteiger partial charge is 0.259 e. The Hall–Kier alpha value is -1.81. The number of aryl methyl sites for hydroxylation is 2. The quantitative estimate of drug-likeness (QED) is 0.878. The molecule has 0 atom stereocenters. The van der Waals surface area contributed by atoms with Crippen LogP contribution in [-0.4, -0.2) is 11.0 Å². The summed E-state index contributed by atoms with van der Waals surface area (Å²) in [5, 5.41) is 12.5. The van der Waals surface area contributed by atoms with Crippen molar-refractivity contribution in [2.45, 2.75) is 13.8 Å². The van der Waals surface area contributed by atoms with Crippen molar-refractivity contribution in [3.63, 3.8) is 0 Å². The van der Waals surface area contributed by atoms with Crippen LogP contribution in [0.3, 0.4) is 0 Å². The van der Waals surface area contributed by atoms with Crippen molar-refractivity contribution in [3.05, 3.63) is 57.6 Å². The van der Waals surface area contributed by atoms with E-state index >= 15 is 0 Å². The van der Waals surface area contributed by atoms with Gasteiger partial charge in [-0.25, -0.2) is 0 Å². The summed E-state index contributed by atoms with van der Waals surface area (Å²) in [6.07, 6.45) is 0. The summed E-state index contributed by atoms with van der Waals surface area (Å²) >= 11 is 3.29. The number of hydrogen-bond acceptors (Lipinski definition) is 2. The number of amides is 1. The fraction of sp³-hybridized carbons (Fsp3) is 0.133. The van der Waals surface area contributed by atoms with E-state index in [9.17, 15) is 9.90 Å². The molecule has 98 valence electrons. The van der Waals surface area contributed by atoms with Crippen LogP contribution in [0, 0.1) is 13.8 Å². The Morgan fingerprint density at radius 2 is 1.89 bits per heavy atom. The predicted molar refractivity (Wildman–Crippen MR) is 79.7 cm³/mol. The first-order valence-corrected chi connectivity index (χ1v) is 6.64. The van der Waals surface area contributed by atoms with Crippen molar-refractivity contribution >= 4 is 27.5 Å². The van der Waals surface area contributed by atoms with Crippen molar-refractivity contribution in [1.82, 2.24) is 0 Å². The Morgan fingerprint density at radius 1 is 1.16 bits per heavy atom. The number of carbonyl (C=O) groups is 1. The van der Waals surface area contributed by atoms with Crippen LogP contribution in [0.1, 0.15) is 21.5 Å². The summed E-state index contributed by atoms with van der Waals surface area (Å²) in [5.74, 6) is -0.362. The maximum Gasteiger partial charge on any atom is 0.259 e. The fourth-order valence-electron chi connectivity index (χ4n) is 1.75. The van der Waals surface area contributed by atoms with E-state index in [1.54, 1.807) is 12.1 Å². The predicted octanol–water partition coefficient (Wildman–Crippen LogP) is 4.02. The Balaban J connectivity index is 2.30. The molecular formula is C15H14BrNO2. The average Bonchev–Trinajstić information content (AvgIpc) is 2.36. The highest BCUT2D eigenvalue weighted by atomic mass is 79.9. The summed E-state index contributed by atoms with van der Waals surface area (Å²) in [7, 11) is 0. The summed E-state index contributed by atoms with van der Waals surface area (Å²) < 4.78 is 0.747. The maximum atomic E-state index is 12.2. The standard InChI is InChI=1S/C15H14BrNO2/c1-9-3-4-10(2)13(7-9)17-15(19)12-8-11(16)5-6-14(12)18/h3-8,18H,1-2H3,(H,17,19). The van der Waals surface area contributed by atoms with Crippen molar-refractivity contribution in [2.24, 2.45) is 0 Å². The SMILES string of the molecule is Cc1ccc(C)c(NC(=O)c2cc(Br)ccc2O)c1. The van der Waals surface area contributed by atoms with Gasteiger partial charge in [0.1, 0.15) is 5.75 Å². The van der Waals surface area contributed by atoms with Crippen LogP contribution in [-0.2, 0) is 0 Å². The molecule has 0 aliphatic heterocycles. The lowest BCUT2D eigenvalue weighted by Crippen LogP contribution is -2.13. The van der Waals surface area contributed by atoms with E-state index in [0.29, 0.717) is 0 Å². The molecule has 0 spiro atoms. The van der Waals surface area contributed by atoms with Gasteiger partial charge in [-0.3, -0.25) is 4.79 Å². The number of carbonyl (C=O) groups excluding carboxylic acids is 1. The molecule has 2 aromatic rings. The van der Waals surface area contributed by atoms with Gasteiger partial charge < -0.3 is 10.4 Å². The number of anilines is 1. The van der Waals surface area contributed by atoms with Crippen LogP contribution >= 0.6 is 15.9 Å². The van der Waals surface area contributed by atoms with Gasteiger partial charge in [-0.05, 0) is 49.2 Å². The molecule has 0 radical (unpaired) electrons. The number of halogens is 1. The van der Waals surface area contributed by atoms with E-state index < -0.39 is 0 Å². The molecule has 3 nitrogen and oxygen atoms in total. The minimum atomic E-state index is -0.326. The number of rotatable bonds is 2. The van der Waals surface area contributed by atoms with E-state index in [1.165, 1.54) is 6.07 Å². The lowest BCUT2D eigenvalue weighted by atomic mass is 10.1. The molecule has 0 saturated carbocycles. The van der Waals surface area contributed by atoms with Crippen LogP contribution in [0.5, 0.6) is 5.75 Å². The Labute approximate surface area is 120 Å². The summed E-state index contributed by atoms with van der Waals surface area (Å²) in [6.45, 7) is 3.89. The lowest BCUT2D eigenvalue weighted by molar-refractivity contribution is 0.102. The van der Waals surface area contributed by atoms with E-state index in [1.807, 2.05) is 32.0 Å². The average molecular weight is 320 g/mol. The van der Waals surface area contributed by atoms with E-state index in [0.717, 1.165) is 21.3 Å². The Kier molecular flexibility index (Phi) is 3.90. The van der Waals surface area contributed by atoms with Gasteiger partial charge in [-0.2, -0.15) is 0 Å². The number of phenolic OH excluding ortho intramolecular Hbond substituents is 1. The number of aromatic hydroxyl groups is 1. The van der Waals surface area contributed by atoms with Crippen molar-refractivity contribution in [1.29, 1.82) is 0 Å². The zero-order valence-corrected chi connectivity index (χ0v) is 12.3. The minimum absolute atomic E-state index is 0.0361. The molecule has 2 N–H and O–H groups in total. The third kappa shape index (κ3) is 3.15. The molecule has 0 aliphatic rings. The van der Waals surface area contributed by atoms with Gasteiger partial charge in [0.25, 0.3) is 5.91 Å². The van der Waals surface area contributed by atoms with E-state index in [4.69, 9.17) is 0 Å². The first kappa shape index (κ1) is 13.6. The van der Waals surface area contributed by atoms with Crippen molar-refractivity contribution < 1.29 is 9.90 Å². The van der Waals surface area contributed by atoms with Crippen LogP contribution < -0.4 is 5.32 Å². The van der Waals surface area contributed by atoms with Gasteiger partial charge in [-0.1, -0.05) is 28.1 Å². The van der Waals surface area contributed by atoms with Gasteiger partial charge in [0, 0.05) is 10.2 Å². The number of nitrogens with one attached hydrogen (secondary N) is 1. The van der Waals surface area contributed by atoms with E-state index in [-0.39, 0.29) is 17.2 Å². The highest BCUT2D eigenvalue weighted by Crippen LogP contribution is 2.24. The first-order valence-electron chi connectivity index (χ1n) is 5.84. The topological polar surface area (TPSA) is 49.3 Å². The molecule has 0 bridgehead atoms. The van der Waals surface area contributed by atoms with Gasteiger partial charge in [-0.15, -0.1) is 0 Å². The molecule has 0 heterocycles. The number of benzene rings is 2. The van der Waals surface area contributed by atoms with Gasteiger partial charge in [0.15, 0.2) is 0 Å². The van der Waals surface area contributed by atoms with E-state index in [2.05, 4.69) is 21.2 Å². The van der Waals surface area contributed by atoms with Gasteiger partial charge in [0.05, 0.1) is 5.56 Å². The Morgan fingerprint density at radius 3 is 2.63 bits per heavy atom. The minimum Gasteiger partial charge on any atom is -0.507 e. The number of phenols is 1. The molecule has 0 fully saturated rings. The highest BCUT2D eigenvalue weighted by Gasteiger charge is 2.12. The lowest BCUT2D eigenvalue weighted by Gasteiger charge is -2.10. The molecule has 1 amide bonds. The molecule has 0 aliphatic carbocycles.